The van der Waals surface area contributed by atoms with Crippen molar-refractivity contribution in [3.05, 3.63) is 23.8 Å². The second-order valence-corrected chi connectivity index (χ2v) is 3.88. The van der Waals surface area contributed by atoms with Gasteiger partial charge in [-0.25, -0.2) is 10.8 Å². The zero-order chi connectivity index (χ0) is 11.4. The molecular weight excluding hydrogens is 204 g/mol. The third-order valence-corrected chi connectivity index (χ3v) is 2.29. The fraction of sp³-hybridized carbons (Fsp3) is 0.500. The summed E-state index contributed by atoms with van der Waals surface area (Å²) < 4.78 is 0. The van der Waals surface area contributed by atoms with Crippen molar-refractivity contribution in [1.82, 2.24) is 20.7 Å². The second-order valence-electron chi connectivity index (χ2n) is 3.88. The molecule has 0 unspecified atom stereocenters. The average molecular weight is 220 g/mol. The van der Waals surface area contributed by atoms with Crippen molar-refractivity contribution in [3.8, 4) is 0 Å². The molecule has 1 aliphatic carbocycles. The van der Waals surface area contributed by atoms with E-state index in [9.17, 15) is 0 Å². The van der Waals surface area contributed by atoms with E-state index in [-0.39, 0.29) is 0 Å². The van der Waals surface area contributed by atoms with E-state index < -0.39 is 0 Å². The third kappa shape index (κ3) is 3.16. The van der Waals surface area contributed by atoms with Gasteiger partial charge >= 0.3 is 0 Å². The Morgan fingerprint density at radius 3 is 2.88 bits per heavy atom. The molecule has 0 spiro atoms. The number of hydrogen-bond donors (Lipinski definition) is 3. The third-order valence-electron chi connectivity index (χ3n) is 2.29. The molecule has 0 atom stereocenters. The molecule has 1 fully saturated rings. The molecule has 1 heterocycles. The molecule has 1 aromatic rings. The first-order valence-corrected chi connectivity index (χ1v) is 5.33. The fourth-order valence-corrected chi connectivity index (χ4v) is 1.22. The van der Waals surface area contributed by atoms with Crippen LogP contribution < -0.4 is 16.6 Å². The van der Waals surface area contributed by atoms with Gasteiger partial charge in [-0.05, 0) is 19.8 Å². The summed E-state index contributed by atoms with van der Waals surface area (Å²) in [5, 5.41) is 3.19. The molecule has 0 aliphatic heterocycles. The van der Waals surface area contributed by atoms with Crippen LogP contribution in [0.3, 0.4) is 0 Å². The van der Waals surface area contributed by atoms with Crippen LogP contribution in [0.5, 0.6) is 0 Å². The monoisotopic (exact) mass is 220 g/mol. The lowest BCUT2D eigenvalue weighted by Crippen LogP contribution is -2.42. The molecule has 1 aromatic heterocycles. The molecule has 86 valence electrons. The molecule has 1 aliphatic rings. The van der Waals surface area contributed by atoms with Gasteiger partial charge in [0.1, 0.15) is 0 Å². The molecular formula is C10H16N6. The first kappa shape index (κ1) is 10.8. The number of hydrazine groups is 1. The molecule has 16 heavy (non-hydrogen) atoms. The number of nitrogens with two attached hydrogens (primary N) is 1. The molecule has 0 radical (unpaired) electrons. The summed E-state index contributed by atoms with van der Waals surface area (Å²) in [6, 6.07) is 0.527. The normalized spacial score (nSPS) is 16.0. The minimum Gasteiger partial charge on any atom is -0.353 e. The van der Waals surface area contributed by atoms with Crippen molar-refractivity contribution in [2.75, 3.05) is 0 Å². The van der Waals surface area contributed by atoms with Crippen molar-refractivity contribution in [1.29, 1.82) is 0 Å². The Kier molecular flexibility index (Phi) is 3.31. The number of aromatic nitrogens is 2. The van der Waals surface area contributed by atoms with Crippen molar-refractivity contribution in [2.45, 2.75) is 32.4 Å². The highest BCUT2D eigenvalue weighted by Crippen LogP contribution is 2.18. The fourth-order valence-electron chi connectivity index (χ4n) is 1.22. The van der Waals surface area contributed by atoms with E-state index >= 15 is 0 Å². The van der Waals surface area contributed by atoms with Gasteiger partial charge in [0.25, 0.3) is 0 Å². The van der Waals surface area contributed by atoms with E-state index in [1.54, 1.807) is 12.4 Å². The lowest BCUT2D eigenvalue weighted by molar-refractivity contribution is 0.814. The first-order chi connectivity index (χ1) is 7.78. The van der Waals surface area contributed by atoms with Crippen LogP contribution in [0.25, 0.3) is 0 Å². The quantitative estimate of drug-likeness (QED) is 0.285. The van der Waals surface area contributed by atoms with Gasteiger partial charge < -0.3 is 5.32 Å². The van der Waals surface area contributed by atoms with Gasteiger partial charge in [0.05, 0.1) is 24.1 Å². The van der Waals surface area contributed by atoms with E-state index in [1.807, 2.05) is 6.92 Å². The Balaban J connectivity index is 1.91. The van der Waals surface area contributed by atoms with E-state index in [2.05, 4.69) is 25.7 Å². The number of guanidine groups is 1. The van der Waals surface area contributed by atoms with Crippen LogP contribution in [0.1, 0.15) is 24.2 Å². The SMILES string of the molecule is Cc1cnc(CN=C(NN)NC2CC2)cn1. The highest BCUT2D eigenvalue weighted by atomic mass is 15.3. The zero-order valence-electron chi connectivity index (χ0n) is 9.27. The van der Waals surface area contributed by atoms with E-state index in [4.69, 9.17) is 5.84 Å². The predicted octanol–water partition coefficient (Wildman–Crippen LogP) is -0.144. The molecule has 0 aromatic carbocycles. The van der Waals surface area contributed by atoms with Crippen LogP contribution >= 0.6 is 0 Å². The minimum atomic E-state index is 0.479. The summed E-state index contributed by atoms with van der Waals surface area (Å²) in [6.07, 6.45) is 5.83. The van der Waals surface area contributed by atoms with Gasteiger partial charge in [0, 0.05) is 12.2 Å². The number of aryl methyl sites for hydroxylation is 1. The predicted molar refractivity (Wildman–Crippen MR) is 61.4 cm³/mol. The van der Waals surface area contributed by atoms with Gasteiger partial charge in [-0.15, -0.1) is 0 Å². The number of nitrogens with one attached hydrogen (secondary N) is 2. The summed E-state index contributed by atoms with van der Waals surface area (Å²) in [5.74, 6) is 5.97. The Morgan fingerprint density at radius 2 is 2.31 bits per heavy atom. The van der Waals surface area contributed by atoms with Gasteiger partial charge in [-0.1, -0.05) is 0 Å². The molecule has 4 N–H and O–H groups in total. The second kappa shape index (κ2) is 4.89. The van der Waals surface area contributed by atoms with E-state index in [0.29, 0.717) is 18.5 Å². The van der Waals surface area contributed by atoms with Crippen molar-refractivity contribution in [3.63, 3.8) is 0 Å². The van der Waals surface area contributed by atoms with Crippen LogP contribution in [0.2, 0.25) is 0 Å². The van der Waals surface area contributed by atoms with E-state index in [1.165, 1.54) is 12.8 Å². The van der Waals surface area contributed by atoms with Crippen LogP contribution in [0, 0.1) is 6.92 Å². The maximum Gasteiger partial charge on any atom is 0.206 e. The molecule has 1 saturated carbocycles. The molecule has 0 saturated heterocycles. The van der Waals surface area contributed by atoms with Gasteiger partial charge in [-0.3, -0.25) is 15.4 Å². The topological polar surface area (TPSA) is 88.2 Å². The van der Waals surface area contributed by atoms with Gasteiger partial charge in [0.2, 0.25) is 5.96 Å². The number of nitrogens with zero attached hydrogens (tertiary/aromatic N) is 3. The van der Waals surface area contributed by atoms with Crippen molar-refractivity contribution in [2.24, 2.45) is 10.8 Å². The minimum absolute atomic E-state index is 0.479. The van der Waals surface area contributed by atoms with E-state index in [0.717, 1.165) is 11.4 Å². The number of aliphatic imine (C=N–C) groups is 1. The standard InChI is InChI=1S/C10H16N6/c1-7-4-13-9(5-12-7)6-14-10(16-11)15-8-2-3-8/h4-5,8H,2-3,6,11H2,1H3,(H2,14,15,16). The maximum atomic E-state index is 5.36. The zero-order valence-corrected chi connectivity index (χ0v) is 9.27. The number of hydrogen-bond acceptors (Lipinski definition) is 4. The Morgan fingerprint density at radius 1 is 1.50 bits per heavy atom. The lowest BCUT2D eigenvalue weighted by atomic mass is 10.4. The van der Waals surface area contributed by atoms with Crippen LogP contribution in [-0.2, 0) is 6.54 Å². The molecule has 6 nitrogen and oxygen atoms in total. The summed E-state index contributed by atoms with van der Waals surface area (Å²) in [7, 11) is 0. The van der Waals surface area contributed by atoms with Crippen molar-refractivity contribution >= 4 is 5.96 Å². The summed E-state index contributed by atoms with van der Waals surface area (Å²) in [5.41, 5.74) is 4.28. The van der Waals surface area contributed by atoms with Crippen LogP contribution in [-0.4, -0.2) is 22.0 Å². The van der Waals surface area contributed by atoms with Gasteiger partial charge in [-0.2, -0.15) is 0 Å². The average Bonchev–Trinajstić information content (AvgIpc) is 3.10. The highest BCUT2D eigenvalue weighted by molar-refractivity contribution is 5.79. The Hall–Kier alpha value is -1.69. The lowest BCUT2D eigenvalue weighted by Gasteiger charge is -2.07. The highest BCUT2D eigenvalue weighted by Gasteiger charge is 2.21. The van der Waals surface area contributed by atoms with Gasteiger partial charge in [0.15, 0.2) is 0 Å². The first-order valence-electron chi connectivity index (χ1n) is 5.33. The summed E-state index contributed by atoms with van der Waals surface area (Å²) in [4.78, 5) is 12.7. The summed E-state index contributed by atoms with van der Waals surface area (Å²) >= 11 is 0. The molecule has 2 rings (SSSR count). The van der Waals surface area contributed by atoms with Crippen molar-refractivity contribution < 1.29 is 0 Å². The molecule has 6 heteroatoms. The smallest absolute Gasteiger partial charge is 0.206 e. The summed E-state index contributed by atoms with van der Waals surface area (Å²) in [6.45, 7) is 2.38. The largest absolute Gasteiger partial charge is 0.353 e. The van der Waals surface area contributed by atoms with Crippen LogP contribution in [0.15, 0.2) is 17.4 Å². The van der Waals surface area contributed by atoms with Crippen LogP contribution in [0.4, 0.5) is 0 Å². The number of rotatable bonds is 3. The Labute approximate surface area is 94.4 Å². The molecule has 0 amide bonds. The Bertz CT molecular complexity index is 367. The maximum absolute atomic E-state index is 5.36. The molecule has 0 bridgehead atoms.